The highest BCUT2D eigenvalue weighted by molar-refractivity contribution is 7.75. The number of hydrogen-bond acceptors (Lipinski definition) is 7. The average Bonchev–Trinajstić information content (AvgIpc) is 2.95. The van der Waals surface area contributed by atoms with E-state index in [0.29, 0.717) is 24.7 Å². The van der Waals surface area contributed by atoms with Crippen LogP contribution in [0.3, 0.4) is 0 Å². The summed E-state index contributed by atoms with van der Waals surface area (Å²) in [5, 5.41) is 7.80. The van der Waals surface area contributed by atoms with Gasteiger partial charge >= 0.3 is 0 Å². The van der Waals surface area contributed by atoms with Crippen LogP contribution in [0, 0.1) is 12.3 Å². The van der Waals surface area contributed by atoms with Gasteiger partial charge in [0.05, 0.1) is 32.2 Å². The van der Waals surface area contributed by atoms with Gasteiger partial charge in [-0.2, -0.15) is 0 Å². The van der Waals surface area contributed by atoms with Crippen molar-refractivity contribution < 1.29 is 13.7 Å². The summed E-state index contributed by atoms with van der Waals surface area (Å²) in [5.74, 6) is 1.40. The molecule has 0 heterocycles. The van der Waals surface area contributed by atoms with Crippen LogP contribution < -0.4 is 14.4 Å². The normalized spacial score (nSPS) is 11.7. The molecule has 0 aliphatic carbocycles. The molecule has 1 N–H and O–H groups in total. The topological polar surface area (TPSA) is 67.1 Å². The Bertz CT molecular complexity index is 1060. The maximum Gasteiger partial charge on any atom is 0.124 e. The molecule has 0 spiro atoms. The van der Waals surface area contributed by atoms with E-state index < -0.39 is 0 Å². The zero-order valence-electron chi connectivity index (χ0n) is 24.1. The number of methoxy groups -OCH3 is 2. The summed E-state index contributed by atoms with van der Waals surface area (Å²) in [6, 6.07) is 11.9. The lowest BCUT2D eigenvalue weighted by atomic mass is 10.1. The molecule has 6 nitrogen and oxygen atoms in total. The van der Waals surface area contributed by atoms with Gasteiger partial charge in [-0.05, 0) is 57.0 Å². The van der Waals surface area contributed by atoms with Crippen molar-refractivity contribution in [2.24, 2.45) is 4.99 Å². The molecule has 2 rings (SSSR count). The number of aliphatic imine (C=N–C) groups is 1. The first-order chi connectivity index (χ1) is 18.4. The standard InChI is InChI=1S/C27H35N3O3S.C4H10/c1-6-8-9-10-26(21(7-2)19-28)29-27-17-22(12-11-20(27)3)30(13-14-33-34)23-15-24(31-4)18-25(16-23)32-5;1-3-4-2/h7,9-12,15-19,28,34H,6,8,13-14H2,1-5H3;3-4H2,1-2H3/b10-9+,21-7+,28-19?,29-26?;. The van der Waals surface area contributed by atoms with E-state index in [0.717, 1.165) is 46.8 Å². The molecular formula is C31H45N3O3S. The van der Waals surface area contributed by atoms with E-state index in [9.17, 15) is 0 Å². The smallest absolute Gasteiger partial charge is 0.124 e. The molecular weight excluding hydrogens is 494 g/mol. The van der Waals surface area contributed by atoms with Crippen molar-refractivity contribution in [3.63, 3.8) is 0 Å². The van der Waals surface area contributed by atoms with Gasteiger partial charge in [-0.25, -0.2) is 4.99 Å². The fraction of sp³-hybridized carbons (Fsp3) is 0.419. The number of rotatable bonds is 14. The van der Waals surface area contributed by atoms with E-state index in [1.165, 1.54) is 19.1 Å². The predicted octanol–water partition coefficient (Wildman–Crippen LogP) is 8.84. The van der Waals surface area contributed by atoms with Crippen molar-refractivity contribution in [1.82, 2.24) is 0 Å². The lowest BCUT2D eigenvalue weighted by Gasteiger charge is -2.26. The van der Waals surface area contributed by atoms with Crippen LogP contribution in [-0.2, 0) is 4.18 Å². The molecule has 0 aliphatic rings. The van der Waals surface area contributed by atoms with Gasteiger partial charge in [-0.3, -0.25) is 0 Å². The molecule has 0 aromatic heterocycles. The summed E-state index contributed by atoms with van der Waals surface area (Å²) in [6.07, 6.45) is 12.0. The van der Waals surface area contributed by atoms with Crippen LogP contribution in [0.2, 0.25) is 0 Å². The van der Waals surface area contributed by atoms with Crippen molar-refractivity contribution in [3.05, 3.63) is 65.8 Å². The second-order valence-corrected chi connectivity index (χ2v) is 8.86. The van der Waals surface area contributed by atoms with Gasteiger partial charge in [-0.15, -0.1) is 0 Å². The Morgan fingerprint density at radius 3 is 2.13 bits per heavy atom. The van der Waals surface area contributed by atoms with Crippen LogP contribution in [0.4, 0.5) is 17.1 Å². The number of nitrogens with zero attached hydrogens (tertiary/aromatic N) is 2. The van der Waals surface area contributed by atoms with Crippen molar-refractivity contribution in [2.75, 3.05) is 32.3 Å². The number of thiol groups is 1. The van der Waals surface area contributed by atoms with Crippen molar-refractivity contribution in [3.8, 4) is 11.5 Å². The summed E-state index contributed by atoms with van der Waals surface area (Å²) in [5.41, 5.74) is 5.26. The lowest BCUT2D eigenvalue weighted by Crippen LogP contribution is -2.21. The maximum absolute atomic E-state index is 7.80. The molecule has 7 heteroatoms. The summed E-state index contributed by atoms with van der Waals surface area (Å²) < 4.78 is 16.0. The quantitative estimate of drug-likeness (QED) is 0.143. The second kappa shape index (κ2) is 19.1. The minimum Gasteiger partial charge on any atom is -0.497 e. The third kappa shape index (κ3) is 10.8. The first-order valence-corrected chi connectivity index (χ1v) is 13.6. The van der Waals surface area contributed by atoms with E-state index in [1.54, 1.807) is 14.2 Å². The second-order valence-electron chi connectivity index (χ2n) is 8.60. The number of anilines is 2. The van der Waals surface area contributed by atoms with Gasteiger partial charge in [-0.1, -0.05) is 58.3 Å². The summed E-state index contributed by atoms with van der Waals surface area (Å²) >= 11 is 3.93. The third-order valence-corrected chi connectivity index (χ3v) is 5.98. The third-order valence-electron chi connectivity index (χ3n) is 5.79. The fourth-order valence-electron chi connectivity index (χ4n) is 3.37. The van der Waals surface area contributed by atoms with Gasteiger partial charge in [0.1, 0.15) is 11.5 Å². The summed E-state index contributed by atoms with van der Waals surface area (Å²) in [6.45, 7) is 11.4. The Morgan fingerprint density at radius 2 is 1.63 bits per heavy atom. The highest BCUT2D eigenvalue weighted by Gasteiger charge is 2.14. The Morgan fingerprint density at radius 1 is 0.974 bits per heavy atom. The number of aryl methyl sites for hydroxylation is 1. The van der Waals surface area contributed by atoms with E-state index >= 15 is 0 Å². The Kier molecular flexibility index (Phi) is 16.6. The Balaban J connectivity index is 0.00000168. The number of allylic oxidation sites excluding steroid dienone is 4. The summed E-state index contributed by atoms with van der Waals surface area (Å²) in [4.78, 5) is 7.05. The molecule has 0 atom stereocenters. The van der Waals surface area contributed by atoms with Crippen molar-refractivity contribution in [1.29, 1.82) is 5.41 Å². The van der Waals surface area contributed by atoms with Crippen molar-refractivity contribution in [2.45, 2.75) is 60.3 Å². The number of nitrogens with one attached hydrogen (secondary N) is 1. The van der Waals surface area contributed by atoms with Gasteiger partial charge in [0.25, 0.3) is 0 Å². The monoisotopic (exact) mass is 539 g/mol. The van der Waals surface area contributed by atoms with Crippen LogP contribution in [0.1, 0.15) is 58.9 Å². The van der Waals surface area contributed by atoms with Crippen LogP contribution in [0.25, 0.3) is 0 Å². The highest BCUT2D eigenvalue weighted by Crippen LogP contribution is 2.35. The summed E-state index contributed by atoms with van der Waals surface area (Å²) in [7, 11) is 3.27. The number of hydrogen-bond donors (Lipinski definition) is 2. The van der Waals surface area contributed by atoms with Gasteiger partial charge in [0, 0.05) is 47.9 Å². The first-order valence-electron chi connectivity index (χ1n) is 13.2. The Hall–Kier alpha value is -3.03. The SMILES string of the molecule is C/C=C(\C=N)C(/C=C/CCC)=Nc1cc(N(CCOS)c2cc(OC)cc(OC)c2)ccc1C.CCCC. The molecule has 0 fully saturated rings. The zero-order chi connectivity index (χ0) is 28.3. The highest BCUT2D eigenvalue weighted by atomic mass is 32.1. The number of unbranched alkanes of at least 4 members (excludes halogenated alkanes) is 2. The molecule has 0 saturated carbocycles. The first kappa shape index (κ1) is 33.0. The molecule has 2 aromatic carbocycles. The maximum atomic E-state index is 7.80. The molecule has 0 radical (unpaired) electrons. The predicted molar refractivity (Wildman–Crippen MR) is 167 cm³/mol. The molecule has 0 amide bonds. The van der Waals surface area contributed by atoms with E-state index in [1.807, 2.05) is 56.3 Å². The minimum absolute atomic E-state index is 0.413. The average molecular weight is 540 g/mol. The lowest BCUT2D eigenvalue weighted by molar-refractivity contribution is 0.389. The van der Waals surface area contributed by atoms with Crippen molar-refractivity contribution >= 4 is 41.9 Å². The van der Waals surface area contributed by atoms with Gasteiger partial charge in [0.2, 0.25) is 0 Å². The number of benzene rings is 2. The van der Waals surface area contributed by atoms with E-state index in [4.69, 9.17) is 24.1 Å². The zero-order valence-corrected chi connectivity index (χ0v) is 25.0. The molecule has 0 aliphatic heterocycles. The van der Waals surface area contributed by atoms with Gasteiger partial charge in [0.15, 0.2) is 0 Å². The molecule has 0 unspecified atom stereocenters. The fourth-order valence-corrected chi connectivity index (χ4v) is 3.45. The van der Waals surface area contributed by atoms with E-state index in [-0.39, 0.29) is 0 Å². The molecule has 0 saturated heterocycles. The molecule has 208 valence electrons. The van der Waals surface area contributed by atoms with Gasteiger partial charge < -0.3 is 24.0 Å². The number of ether oxygens (including phenoxy) is 2. The largest absolute Gasteiger partial charge is 0.497 e. The van der Waals surface area contributed by atoms with Crippen LogP contribution in [0.15, 0.2) is 65.2 Å². The molecule has 38 heavy (non-hydrogen) atoms. The molecule has 2 aromatic rings. The minimum atomic E-state index is 0.413. The molecule has 0 bridgehead atoms. The van der Waals surface area contributed by atoms with Crippen LogP contribution >= 0.6 is 12.9 Å². The van der Waals surface area contributed by atoms with Crippen LogP contribution in [0.5, 0.6) is 11.5 Å². The Labute approximate surface area is 235 Å². The van der Waals surface area contributed by atoms with E-state index in [2.05, 4.69) is 50.7 Å². The van der Waals surface area contributed by atoms with Crippen LogP contribution in [-0.4, -0.2) is 39.3 Å².